The third-order valence-corrected chi connectivity index (χ3v) is 6.45. The zero-order chi connectivity index (χ0) is 22.5. The number of hydrogen-bond donors (Lipinski definition) is 1. The van der Waals surface area contributed by atoms with Crippen LogP contribution in [0.5, 0.6) is 5.75 Å². The third-order valence-electron chi connectivity index (χ3n) is 6.45. The van der Waals surface area contributed by atoms with Crippen LogP contribution >= 0.6 is 0 Å². The molecule has 1 fully saturated rings. The zero-order valence-electron chi connectivity index (χ0n) is 19.0. The minimum Gasteiger partial charge on any atom is -0.484 e. The molecule has 0 saturated carbocycles. The lowest BCUT2D eigenvalue weighted by Crippen LogP contribution is -2.44. The average molecular weight is 437 g/mol. The van der Waals surface area contributed by atoms with Crippen molar-refractivity contribution in [1.29, 1.82) is 0 Å². The molecule has 2 aliphatic rings. The van der Waals surface area contributed by atoms with Crippen LogP contribution in [0.4, 0.5) is 5.69 Å². The van der Waals surface area contributed by atoms with Crippen LogP contribution in [0.15, 0.2) is 36.4 Å². The maximum atomic E-state index is 13.0. The smallest absolute Gasteiger partial charge is 0.261 e. The molecule has 2 aromatic rings. The monoisotopic (exact) mass is 436 g/mol. The first-order valence-corrected chi connectivity index (χ1v) is 11.5. The maximum Gasteiger partial charge on any atom is 0.261 e. The third kappa shape index (κ3) is 5.49. The number of amides is 2. The van der Waals surface area contributed by atoms with Crippen molar-refractivity contribution in [3.63, 3.8) is 0 Å². The number of benzene rings is 2. The number of aryl methyl sites for hydroxylation is 3. The lowest BCUT2D eigenvalue weighted by molar-refractivity contribution is -0.138. The minimum absolute atomic E-state index is 0.0282. The molecule has 1 heterocycles. The van der Waals surface area contributed by atoms with Crippen molar-refractivity contribution in [2.45, 2.75) is 52.1 Å². The van der Waals surface area contributed by atoms with Crippen LogP contribution < -0.4 is 10.1 Å². The Hall–Kier alpha value is -2.86. The van der Waals surface area contributed by atoms with Gasteiger partial charge in [-0.25, -0.2) is 0 Å². The second-order valence-electron chi connectivity index (χ2n) is 8.78. The fourth-order valence-electron chi connectivity index (χ4n) is 4.41. The second kappa shape index (κ2) is 10.2. The van der Waals surface area contributed by atoms with Crippen molar-refractivity contribution >= 4 is 17.5 Å². The summed E-state index contributed by atoms with van der Waals surface area (Å²) < 4.78 is 11.5. The van der Waals surface area contributed by atoms with E-state index >= 15 is 0 Å². The molecule has 1 aliphatic carbocycles. The van der Waals surface area contributed by atoms with Crippen molar-refractivity contribution in [2.75, 3.05) is 31.6 Å². The topological polar surface area (TPSA) is 67.9 Å². The van der Waals surface area contributed by atoms with Crippen LogP contribution in [-0.2, 0) is 27.2 Å². The summed E-state index contributed by atoms with van der Waals surface area (Å²) in [6, 6.07) is 11.8. The van der Waals surface area contributed by atoms with Gasteiger partial charge in [-0.05, 0) is 86.4 Å². The number of ether oxygens (including phenoxy) is 2. The van der Waals surface area contributed by atoms with E-state index in [1.54, 1.807) is 4.90 Å². The van der Waals surface area contributed by atoms with Gasteiger partial charge in [0.25, 0.3) is 5.91 Å². The quantitative estimate of drug-likeness (QED) is 0.683. The molecule has 0 unspecified atom stereocenters. The summed E-state index contributed by atoms with van der Waals surface area (Å²) >= 11 is 0. The Morgan fingerprint density at radius 3 is 2.78 bits per heavy atom. The van der Waals surface area contributed by atoms with E-state index in [2.05, 4.69) is 11.4 Å². The van der Waals surface area contributed by atoms with E-state index in [0.29, 0.717) is 18.9 Å². The molecule has 2 amide bonds. The van der Waals surface area contributed by atoms with E-state index in [0.717, 1.165) is 42.5 Å². The summed E-state index contributed by atoms with van der Waals surface area (Å²) in [6.45, 7) is 4.96. The van der Waals surface area contributed by atoms with Gasteiger partial charge in [0.05, 0.1) is 6.10 Å². The van der Waals surface area contributed by atoms with E-state index in [9.17, 15) is 9.59 Å². The number of nitrogens with zero attached hydrogens (tertiary/aromatic N) is 1. The number of rotatable bonds is 8. The Kier molecular flexibility index (Phi) is 7.10. The molecule has 1 atom stereocenters. The maximum absolute atomic E-state index is 13.0. The normalized spacial score (nSPS) is 17.1. The molecular weight excluding hydrogens is 404 g/mol. The van der Waals surface area contributed by atoms with Crippen molar-refractivity contribution in [3.05, 3.63) is 58.7 Å². The van der Waals surface area contributed by atoms with Crippen molar-refractivity contribution in [2.24, 2.45) is 0 Å². The molecule has 4 rings (SSSR count). The van der Waals surface area contributed by atoms with Gasteiger partial charge in [-0.2, -0.15) is 0 Å². The fourth-order valence-corrected chi connectivity index (χ4v) is 4.41. The Morgan fingerprint density at radius 1 is 1.12 bits per heavy atom. The Bertz CT molecular complexity index is 982. The largest absolute Gasteiger partial charge is 0.484 e. The SMILES string of the molecule is Cc1cccc(NC(=O)CN(C[C@H]2CCCO2)C(=O)COc2ccc3c(c2)CCC3)c1C. The highest BCUT2D eigenvalue weighted by Crippen LogP contribution is 2.26. The van der Waals surface area contributed by atoms with Crippen LogP contribution in [0.25, 0.3) is 0 Å². The number of carbonyl (C=O) groups is 2. The van der Waals surface area contributed by atoms with Gasteiger partial charge in [0.2, 0.25) is 5.91 Å². The number of carbonyl (C=O) groups excluding carboxylic acids is 2. The van der Waals surface area contributed by atoms with Gasteiger partial charge in [0.1, 0.15) is 12.3 Å². The van der Waals surface area contributed by atoms with Gasteiger partial charge in [0.15, 0.2) is 6.61 Å². The highest BCUT2D eigenvalue weighted by molar-refractivity contribution is 5.95. The molecule has 0 aromatic heterocycles. The van der Waals surface area contributed by atoms with Crippen LogP contribution in [0, 0.1) is 13.8 Å². The number of anilines is 1. The average Bonchev–Trinajstić information content (AvgIpc) is 3.46. The molecule has 170 valence electrons. The molecule has 0 spiro atoms. The molecule has 32 heavy (non-hydrogen) atoms. The lowest BCUT2D eigenvalue weighted by Gasteiger charge is -2.25. The van der Waals surface area contributed by atoms with Gasteiger partial charge < -0.3 is 19.7 Å². The van der Waals surface area contributed by atoms with Gasteiger partial charge in [-0.1, -0.05) is 18.2 Å². The minimum atomic E-state index is -0.220. The highest BCUT2D eigenvalue weighted by atomic mass is 16.5. The van der Waals surface area contributed by atoms with Crippen molar-refractivity contribution in [1.82, 2.24) is 4.90 Å². The molecule has 0 radical (unpaired) electrons. The predicted molar refractivity (Wildman–Crippen MR) is 124 cm³/mol. The molecule has 1 aliphatic heterocycles. The van der Waals surface area contributed by atoms with Crippen molar-refractivity contribution < 1.29 is 19.1 Å². The summed E-state index contributed by atoms with van der Waals surface area (Å²) in [7, 11) is 0. The summed E-state index contributed by atoms with van der Waals surface area (Å²) in [4.78, 5) is 27.4. The first-order chi connectivity index (χ1) is 15.5. The van der Waals surface area contributed by atoms with Gasteiger partial charge in [-0.3, -0.25) is 9.59 Å². The molecule has 6 nitrogen and oxygen atoms in total. The van der Waals surface area contributed by atoms with E-state index in [-0.39, 0.29) is 31.1 Å². The van der Waals surface area contributed by atoms with Crippen molar-refractivity contribution in [3.8, 4) is 5.75 Å². The second-order valence-corrected chi connectivity index (χ2v) is 8.78. The first kappa shape index (κ1) is 22.3. The number of hydrogen-bond acceptors (Lipinski definition) is 4. The molecular formula is C26H32N2O4. The van der Waals surface area contributed by atoms with E-state index < -0.39 is 0 Å². The number of nitrogens with one attached hydrogen (secondary N) is 1. The van der Waals surface area contributed by atoms with Crippen LogP contribution in [0.1, 0.15) is 41.5 Å². The Balaban J connectivity index is 1.39. The van der Waals surface area contributed by atoms with E-state index in [4.69, 9.17) is 9.47 Å². The van der Waals surface area contributed by atoms with Gasteiger partial charge in [-0.15, -0.1) is 0 Å². The summed E-state index contributed by atoms with van der Waals surface area (Å²) in [5, 5.41) is 2.95. The van der Waals surface area contributed by atoms with Crippen LogP contribution in [-0.4, -0.2) is 49.1 Å². The summed E-state index contributed by atoms with van der Waals surface area (Å²) in [6.07, 6.45) is 5.18. The summed E-state index contributed by atoms with van der Waals surface area (Å²) in [5.74, 6) is 0.274. The van der Waals surface area contributed by atoms with Crippen LogP contribution in [0.2, 0.25) is 0 Å². The van der Waals surface area contributed by atoms with Gasteiger partial charge >= 0.3 is 0 Å². The lowest BCUT2D eigenvalue weighted by atomic mass is 10.1. The molecule has 2 aromatic carbocycles. The Labute approximate surface area is 189 Å². The molecule has 6 heteroatoms. The number of fused-ring (bicyclic) bond motifs is 1. The van der Waals surface area contributed by atoms with Crippen LogP contribution in [0.3, 0.4) is 0 Å². The molecule has 1 N–H and O–H groups in total. The molecule has 1 saturated heterocycles. The van der Waals surface area contributed by atoms with E-state index in [1.807, 2.05) is 44.2 Å². The summed E-state index contributed by atoms with van der Waals surface area (Å²) in [5.41, 5.74) is 5.58. The standard InChI is InChI=1S/C26H32N2O4/c1-18-6-3-10-24(19(18)2)27-25(29)16-28(15-23-9-5-13-31-23)26(30)17-32-22-12-11-20-7-4-8-21(20)14-22/h3,6,10-12,14,23H,4-5,7-9,13,15-17H2,1-2H3,(H,27,29)/t23-/m1/s1. The zero-order valence-corrected chi connectivity index (χ0v) is 19.0. The Morgan fingerprint density at radius 2 is 1.97 bits per heavy atom. The molecule has 0 bridgehead atoms. The highest BCUT2D eigenvalue weighted by Gasteiger charge is 2.25. The predicted octanol–water partition coefficient (Wildman–Crippen LogP) is 3.82. The van der Waals surface area contributed by atoms with E-state index in [1.165, 1.54) is 17.5 Å². The fraction of sp³-hybridized carbons (Fsp3) is 0.462. The van der Waals surface area contributed by atoms with Gasteiger partial charge in [0, 0.05) is 18.8 Å². The first-order valence-electron chi connectivity index (χ1n) is 11.5.